The van der Waals surface area contributed by atoms with Gasteiger partial charge in [0.25, 0.3) is 0 Å². The fourth-order valence-electron chi connectivity index (χ4n) is 4.09. The molecule has 1 aromatic carbocycles. The third kappa shape index (κ3) is 3.85. The van der Waals surface area contributed by atoms with E-state index in [1.54, 1.807) is 30.7 Å². The third-order valence-electron chi connectivity index (χ3n) is 5.56. The Morgan fingerprint density at radius 3 is 2.62 bits per heavy atom. The third-order valence-corrected chi connectivity index (χ3v) is 6.21. The van der Waals surface area contributed by atoms with Crippen molar-refractivity contribution in [1.29, 1.82) is 0 Å². The lowest BCUT2D eigenvalue weighted by molar-refractivity contribution is 0.302. The maximum Gasteiger partial charge on any atom is 0.170 e. The van der Waals surface area contributed by atoms with E-state index in [0.717, 1.165) is 22.6 Å². The van der Waals surface area contributed by atoms with Gasteiger partial charge in [-0.3, -0.25) is 9.97 Å². The Bertz CT molecular complexity index is 1250. The zero-order valence-electron chi connectivity index (χ0n) is 16.9. The van der Waals surface area contributed by atoms with Crippen LogP contribution in [-0.2, 0) is 6.54 Å². The van der Waals surface area contributed by atoms with Crippen LogP contribution in [0.3, 0.4) is 0 Å². The molecule has 2 atom stereocenters. The van der Waals surface area contributed by atoms with Crippen LogP contribution in [0.25, 0.3) is 5.69 Å². The number of hydrogen-bond donors (Lipinski definition) is 1. The van der Waals surface area contributed by atoms with Crippen LogP contribution < -0.4 is 5.32 Å². The van der Waals surface area contributed by atoms with Crippen LogP contribution in [0.5, 0.6) is 0 Å². The molecule has 3 aromatic heterocycles. The Balaban J connectivity index is 1.61. The van der Waals surface area contributed by atoms with Crippen LogP contribution in [0.1, 0.15) is 29.0 Å². The van der Waals surface area contributed by atoms with Gasteiger partial charge in [-0.2, -0.15) is 0 Å². The van der Waals surface area contributed by atoms with Crippen LogP contribution in [-0.4, -0.2) is 24.5 Å². The molecule has 5 nitrogen and oxygen atoms in total. The first-order valence-electron chi connectivity index (χ1n) is 10.1. The Morgan fingerprint density at radius 1 is 1.03 bits per heavy atom. The molecule has 160 valence electrons. The van der Waals surface area contributed by atoms with Gasteiger partial charge < -0.3 is 14.8 Å². The minimum absolute atomic E-state index is 0.0807. The minimum Gasteiger partial charge on any atom is -0.352 e. The van der Waals surface area contributed by atoms with E-state index in [2.05, 4.69) is 20.2 Å². The second-order valence-electron chi connectivity index (χ2n) is 7.51. The number of halogens is 2. The van der Waals surface area contributed by atoms with Crippen molar-refractivity contribution in [3.05, 3.63) is 113 Å². The predicted molar refractivity (Wildman–Crippen MR) is 126 cm³/mol. The molecule has 1 N–H and O–H groups in total. The quantitative estimate of drug-likeness (QED) is 0.410. The van der Waals surface area contributed by atoms with E-state index in [9.17, 15) is 4.39 Å². The molecular weight excluding hydrogens is 445 g/mol. The summed E-state index contributed by atoms with van der Waals surface area (Å²) in [6.45, 7) is 0.609. The number of pyridine rings is 2. The molecule has 1 aliphatic heterocycles. The first-order valence-corrected chi connectivity index (χ1v) is 10.9. The van der Waals surface area contributed by atoms with Gasteiger partial charge in [-0.25, -0.2) is 4.39 Å². The van der Waals surface area contributed by atoms with Crippen molar-refractivity contribution < 1.29 is 4.39 Å². The zero-order valence-corrected chi connectivity index (χ0v) is 18.5. The van der Waals surface area contributed by atoms with Crippen molar-refractivity contribution in [3.8, 4) is 5.69 Å². The molecule has 1 saturated heterocycles. The molecule has 0 spiro atoms. The molecule has 32 heavy (non-hydrogen) atoms. The number of benzene rings is 1. The second-order valence-corrected chi connectivity index (χ2v) is 8.31. The Morgan fingerprint density at radius 2 is 1.88 bits per heavy atom. The summed E-state index contributed by atoms with van der Waals surface area (Å²) < 4.78 is 15.8. The molecule has 4 heterocycles. The molecule has 0 saturated carbocycles. The van der Waals surface area contributed by atoms with Gasteiger partial charge in [0.05, 0.1) is 22.8 Å². The lowest BCUT2D eigenvalue weighted by Gasteiger charge is -2.29. The summed E-state index contributed by atoms with van der Waals surface area (Å²) >= 11 is 11.8. The maximum atomic E-state index is 13.8. The van der Waals surface area contributed by atoms with E-state index < -0.39 is 5.82 Å². The van der Waals surface area contributed by atoms with Crippen LogP contribution >= 0.6 is 23.8 Å². The SMILES string of the molecule is Fc1ccc(-n2cccc2[C@@H]2[C@H](c3ccccn3)NC(=S)N2Cc2ccncc2)cc1Cl. The summed E-state index contributed by atoms with van der Waals surface area (Å²) in [6, 6.07) is 18.2. The van der Waals surface area contributed by atoms with Crippen molar-refractivity contribution in [1.82, 2.24) is 24.8 Å². The van der Waals surface area contributed by atoms with Crippen molar-refractivity contribution >= 4 is 28.9 Å². The summed E-state index contributed by atoms with van der Waals surface area (Å²) in [5.41, 5.74) is 3.75. The highest BCUT2D eigenvalue weighted by atomic mass is 35.5. The summed E-state index contributed by atoms with van der Waals surface area (Å²) in [6.07, 6.45) is 7.27. The smallest absolute Gasteiger partial charge is 0.170 e. The fraction of sp³-hybridized carbons (Fsp3) is 0.125. The van der Waals surface area contributed by atoms with Crippen LogP contribution in [0.2, 0.25) is 5.02 Å². The van der Waals surface area contributed by atoms with Crippen molar-refractivity contribution in [3.63, 3.8) is 0 Å². The Kier molecular flexibility index (Phi) is 5.59. The topological polar surface area (TPSA) is 46.0 Å². The highest BCUT2D eigenvalue weighted by Crippen LogP contribution is 2.40. The molecule has 8 heteroatoms. The van der Waals surface area contributed by atoms with Crippen molar-refractivity contribution in [2.45, 2.75) is 18.6 Å². The number of hydrogen-bond acceptors (Lipinski definition) is 3. The Hall–Kier alpha value is -3.29. The normalized spacial score (nSPS) is 18.1. The summed E-state index contributed by atoms with van der Waals surface area (Å²) in [5, 5.41) is 4.18. The largest absolute Gasteiger partial charge is 0.352 e. The number of thiocarbonyl (C=S) groups is 1. The minimum atomic E-state index is -0.446. The van der Waals surface area contributed by atoms with Crippen molar-refractivity contribution in [2.75, 3.05) is 0 Å². The second kappa shape index (κ2) is 8.68. The summed E-state index contributed by atoms with van der Waals surface area (Å²) in [4.78, 5) is 10.9. The summed E-state index contributed by atoms with van der Waals surface area (Å²) in [5.74, 6) is -0.446. The lowest BCUT2D eigenvalue weighted by Crippen LogP contribution is -2.30. The lowest BCUT2D eigenvalue weighted by atomic mass is 10.0. The van der Waals surface area contributed by atoms with Gasteiger partial charge in [0, 0.05) is 42.7 Å². The van der Waals surface area contributed by atoms with Gasteiger partial charge >= 0.3 is 0 Å². The van der Waals surface area contributed by atoms with Gasteiger partial charge in [0.2, 0.25) is 0 Å². The van der Waals surface area contributed by atoms with Gasteiger partial charge in [0.15, 0.2) is 5.11 Å². The molecule has 0 radical (unpaired) electrons. The van der Waals surface area contributed by atoms with E-state index in [0.29, 0.717) is 11.7 Å². The molecule has 0 unspecified atom stereocenters. The predicted octanol–water partition coefficient (Wildman–Crippen LogP) is 5.23. The highest BCUT2D eigenvalue weighted by molar-refractivity contribution is 7.80. The fourth-order valence-corrected chi connectivity index (χ4v) is 4.57. The number of nitrogens with one attached hydrogen (secondary N) is 1. The van der Waals surface area contributed by atoms with Crippen molar-refractivity contribution in [2.24, 2.45) is 0 Å². The van der Waals surface area contributed by atoms with Crippen LogP contribution in [0, 0.1) is 5.82 Å². The van der Waals surface area contributed by atoms with E-state index in [1.807, 2.05) is 53.2 Å². The monoisotopic (exact) mass is 463 g/mol. The Labute approximate surface area is 195 Å². The molecule has 1 fully saturated rings. The average Bonchev–Trinajstić information content (AvgIpc) is 3.42. The molecule has 4 aromatic rings. The van der Waals surface area contributed by atoms with Crippen LogP contribution in [0.15, 0.2) is 85.5 Å². The summed E-state index contributed by atoms with van der Waals surface area (Å²) in [7, 11) is 0. The molecule has 0 amide bonds. The maximum absolute atomic E-state index is 13.8. The number of aromatic nitrogens is 3. The number of nitrogens with zero attached hydrogens (tertiary/aromatic N) is 4. The van der Waals surface area contributed by atoms with Gasteiger partial charge in [-0.1, -0.05) is 17.7 Å². The van der Waals surface area contributed by atoms with Crippen LogP contribution in [0.4, 0.5) is 4.39 Å². The van der Waals surface area contributed by atoms with Gasteiger partial charge in [-0.15, -0.1) is 0 Å². The van der Waals surface area contributed by atoms with Gasteiger partial charge in [0.1, 0.15) is 5.82 Å². The molecular formula is C24H19ClFN5S. The zero-order chi connectivity index (χ0) is 22.1. The van der Waals surface area contributed by atoms with E-state index in [1.165, 1.54) is 6.07 Å². The highest BCUT2D eigenvalue weighted by Gasteiger charge is 2.41. The average molecular weight is 464 g/mol. The number of rotatable bonds is 5. The molecule has 0 bridgehead atoms. The standard InChI is InChI=1S/C24H19ClFN5S/c25-18-14-17(6-7-19(18)26)30-13-3-5-21(30)23-22(20-4-1-2-10-28-20)29-24(32)31(23)15-16-8-11-27-12-9-16/h1-14,22-23H,15H2,(H,29,32)/t22-,23+/m0/s1. The molecule has 0 aliphatic carbocycles. The van der Waals surface area contributed by atoms with E-state index in [4.69, 9.17) is 23.8 Å². The molecule has 5 rings (SSSR count). The van der Waals surface area contributed by atoms with E-state index >= 15 is 0 Å². The van der Waals surface area contributed by atoms with Gasteiger partial charge in [-0.05, 0) is 72.4 Å². The molecule has 1 aliphatic rings. The first kappa shape index (κ1) is 20.6. The van der Waals surface area contributed by atoms with E-state index in [-0.39, 0.29) is 17.1 Å². The first-order chi connectivity index (χ1) is 15.6.